The van der Waals surface area contributed by atoms with Gasteiger partial charge in [-0.15, -0.1) is 11.6 Å². The molecule has 0 aliphatic carbocycles. The third-order valence-electron chi connectivity index (χ3n) is 2.50. The Kier molecular flexibility index (Phi) is 4.92. The zero-order valence-corrected chi connectivity index (χ0v) is 12.1. The molecule has 0 N–H and O–H groups in total. The van der Waals surface area contributed by atoms with E-state index in [1.54, 1.807) is 24.3 Å². The van der Waals surface area contributed by atoms with Gasteiger partial charge >= 0.3 is 0 Å². The van der Waals surface area contributed by atoms with E-state index in [-0.39, 0.29) is 18.3 Å². The van der Waals surface area contributed by atoms with E-state index in [2.05, 4.69) is 0 Å². The molecule has 2 aromatic carbocycles. The Hall–Kier alpha value is -0.960. The van der Waals surface area contributed by atoms with Gasteiger partial charge in [0.25, 0.3) is 0 Å². The zero-order chi connectivity index (χ0) is 13.8. The van der Waals surface area contributed by atoms with Gasteiger partial charge in [-0.05, 0) is 29.8 Å². The molecule has 0 aliphatic heterocycles. The Balaban J connectivity index is 2.19. The van der Waals surface area contributed by atoms with Crippen LogP contribution in [-0.2, 0) is 12.5 Å². The Bertz CT molecular complexity index is 587. The predicted octanol–water partition coefficient (Wildman–Crippen LogP) is 5.45. The topological polar surface area (TPSA) is 9.23 Å². The van der Waals surface area contributed by atoms with Crippen molar-refractivity contribution < 1.29 is 9.13 Å². The molecule has 0 saturated heterocycles. The van der Waals surface area contributed by atoms with Gasteiger partial charge in [0.05, 0.1) is 10.9 Å². The Morgan fingerprint density at radius 2 is 1.89 bits per heavy atom. The number of hydrogen-bond acceptors (Lipinski definition) is 1. The third-order valence-corrected chi connectivity index (χ3v) is 3.29. The molecular formula is C14H10Cl3FO. The van der Waals surface area contributed by atoms with Crippen LogP contribution in [0.15, 0.2) is 36.4 Å². The van der Waals surface area contributed by atoms with Crippen molar-refractivity contribution in [2.45, 2.75) is 12.5 Å². The van der Waals surface area contributed by atoms with E-state index in [4.69, 9.17) is 39.5 Å². The van der Waals surface area contributed by atoms with Crippen LogP contribution < -0.4 is 4.74 Å². The lowest BCUT2D eigenvalue weighted by Gasteiger charge is -2.12. The van der Waals surface area contributed by atoms with E-state index in [1.807, 2.05) is 0 Å². The summed E-state index contributed by atoms with van der Waals surface area (Å²) >= 11 is 17.8. The average Bonchev–Trinajstić information content (AvgIpc) is 2.37. The van der Waals surface area contributed by atoms with Crippen LogP contribution in [0.5, 0.6) is 5.75 Å². The van der Waals surface area contributed by atoms with E-state index in [1.165, 1.54) is 12.1 Å². The number of rotatable bonds is 4. The van der Waals surface area contributed by atoms with Crippen molar-refractivity contribution in [3.63, 3.8) is 0 Å². The number of benzene rings is 2. The molecule has 2 aromatic rings. The van der Waals surface area contributed by atoms with Crippen LogP contribution in [0.3, 0.4) is 0 Å². The number of ether oxygens (including phenoxy) is 1. The largest absolute Gasteiger partial charge is 0.487 e. The summed E-state index contributed by atoms with van der Waals surface area (Å²) in [6.07, 6.45) is 0. The molecule has 2 rings (SSSR count). The first-order chi connectivity index (χ1) is 9.10. The fraction of sp³-hybridized carbons (Fsp3) is 0.143. The summed E-state index contributed by atoms with van der Waals surface area (Å²) in [5, 5.41) is 0.887. The molecule has 1 nitrogen and oxygen atoms in total. The maximum atomic E-state index is 13.1. The molecule has 5 heteroatoms. The first kappa shape index (κ1) is 14.4. The molecule has 0 aliphatic rings. The van der Waals surface area contributed by atoms with Crippen LogP contribution in [0, 0.1) is 5.82 Å². The Morgan fingerprint density at radius 3 is 2.58 bits per heavy atom. The molecule has 0 unspecified atom stereocenters. The molecule has 0 spiro atoms. The number of alkyl halides is 1. The second-order valence-corrected chi connectivity index (χ2v) is 5.04. The molecule has 0 heterocycles. The van der Waals surface area contributed by atoms with Gasteiger partial charge in [-0.1, -0.05) is 35.3 Å². The second-order valence-electron chi connectivity index (χ2n) is 3.93. The summed E-state index contributed by atoms with van der Waals surface area (Å²) in [5.74, 6) is 0.407. The zero-order valence-electron chi connectivity index (χ0n) is 9.80. The second kappa shape index (κ2) is 6.47. The summed E-state index contributed by atoms with van der Waals surface area (Å²) in [7, 11) is 0. The van der Waals surface area contributed by atoms with Crippen molar-refractivity contribution in [3.8, 4) is 5.75 Å². The van der Waals surface area contributed by atoms with Crippen molar-refractivity contribution in [3.05, 3.63) is 63.4 Å². The van der Waals surface area contributed by atoms with Crippen molar-refractivity contribution >= 4 is 34.8 Å². The van der Waals surface area contributed by atoms with Crippen LogP contribution >= 0.6 is 34.8 Å². The van der Waals surface area contributed by atoms with Gasteiger partial charge in [0.15, 0.2) is 0 Å². The highest BCUT2D eigenvalue weighted by atomic mass is 35.5. The van der Waals surface area contributed by atoms with E-state index >= 15 is 0 Å². The summed E-state index contributed by atoms with van der Waals surface area (Å²) in [6.45, 7) is 0.211. The summed E-state index contributed by atoms with van der Waals surface area (Å²) in [5.41, 5.74) is 1.42. The van der Waals surface area contributed by atoms with E-state index in [0.29, 0.717) is 26.9 Å². The molecule has 19 heavy (non-hydrogen) atoms. The molecule has 0 radical (unpaired) electrons. The van der Waals surface area contributed by atoms with Crippen LogP contribution in [0.2, 0.25) is 10.0 Å². The van der Waals surface area contributed by atoms with Crippen molar-refractivity contribution in [2.75, 3.05) is 0 Å². The minimum absolute atomic E-state index is 0.211. The lowest BCUT2D eigenvalue weighted by Crippen LogP contribution is -1.99. The van der Waals surface area contributed by atoms with Crippen molar-refractivity contribution in [1.29, 1.82) is 0 Å². The molecule has 0 fully saturated rings. The smallest absolute Gasteiger partial charge is 0.142 e. The van der Waals surface area contributed by atoms with Crippen LogP contribution in [0.1, 0.15) is 11.1 Å². The molecule has 0 aromatic heterocycles. The van der Waals surface area contributed by atoms with Crippen LogP contribution in [0.25, 0.3) is 0 Å². The fourth-order valence-corrected chi connectivity index (χ4v) is 2.45. The minimum atomic E-state index is -0.305. The summed E-state index contributed by atoms with van der Waals surface area (Å²) in [6, 6.07) is 9.46. The third kappa shape index (κ3) is 3.75. The standard InChI is InChI=1S/C14H10Cl3FO/c15-7-10-5-11(16)6-13(17)14(10)19-8-9-2-1-3-12(18)4-9/h1-6H,7-8H2. The predicted molar refractivity (Wildman–Crippen MR) is 76.8 cm³/mol. The SMILES string of the molecule is Fc1cccc(COc2c(Cl)cc(Cl)cc2CCl)c1. The number of halogens is 4. The minimum Gasteiger partial charge on any atom is -0.487 e. The fourth-order valence-electron chi connectivity index (χ4n) is 1.66. The monoisotopic (exact) mass is 318 g/mol. The lowest BCUT2D eigenvalue weighted by atomic mass is 10.2. The molecule has 100 valence electrons. The van der Waals surface area contributed by atoms with E-state index < -0.39 is 0 Å². The van der Waals surface area contributed by atoms with Crippen molar-refractivity contribution in [1.82, 2.24) is 0 Å². The Morgan fingerprint density at radius 1 is 1.11 bits per heavy atom. The van der Waals surface area contributed by atoms with Gasteiger partial charge in [-0.25, -0.2) is 4.39 Å². The maximum absolute atomic E-state index is 13.1. The van der Waals surface area contributed by atoms with Crippen molar-refractivity contribution in [2.24, 2.45) is 0 Å². The highest BCUT2D eigenvalue weighted by Gasteiger charge is 2.10. The Labute approximate surface area is 125 Å². The highest BCUT2D eigenvalue weighted by molar-refractivity contribution is 6.36. The van der Waals surface area contributed by atoms with Crippen LogP contribution in [-0.4, -0.2) is 0 Å². The van der Waals surface area contributed by atoms with Gasteiger partial charge in [0.1, 0.15) is 18.2 Å². The average molecular weight is 320 g/mol. The van der Waals surface area contributed by atoms with Gasteiger partial charge in [-0.2, -0.15) is 0 Å². The summed E-state index contributed by atoms with van der Waals surface area (Å²) < 4.78 is 18.7. The first-order valence-electron chi connectivity index (χ1n) is 5.51. The molecule has 0 bridgehead atoms. The van der Waals surface area contributed by atoms with Gasteiger partial charge < -0.3 is 4.74 Å². The van der Waals surface area contributed by atoms with E-state index in [0.717, 1.165) is 0 Å². The van der Waals surface area contributed by atoms with E-state index in [9.17, 15) is 4.39 Å². The van der Waals surface area contributed by atoms with Gasteiger partial charge in [0.2, 0.25) is 0 Å². The first-order valence-corrected chi connectivity index (χ1v) is 6.80. The molecule has 0 atom stereocenters. The maximum Gasteiger partial charge on any atom is 0.142 e. The number of hydrogen-bond donors (Lipinski definition) is 0. The van der Waals surface area contributed by atoms with Gasteiger partial charge in [0, 0.05) is 10.6 Å². The summed E-state index contributed by atoms with van der Waals surface area (Å²) in [4.78, 5) is 0. The molecular weight excluding hydrogens is 310 g/mol. The molecule has 0 amide bonds. The normalized spacial score (nSPS) is 10.5. The lowest BCUT2D eigenvalue weighted by molar-refractivity contribution is 0.303. The highest BCUT2D eigenvalue weighted by Crippen LogP contribution is 2.34. The molecule has 0 saturated carbocycles. The quantitative estimate of drug-likeness (QED) is 0.681. The van der Waals surface area contributed by atoms with Crippen LogP contribution in [0.4, 0.5) is 4.39 Å². The van der Waals surface area contributed by atoms with Gasteiger partial charge in [-0.3, -0.25) is 0 Å².